The number of para-hydroxylation sites is 2. The van der Waals surface area contributed by atoms with Gasteiger partial charge < -0.3 is 0 Å². The molecule has 0 saturated carbocycles. The third-order valence-electron chi connectivity index (χ3n) is 2.30. The van der Waals surface area contributed by atoms with Crippen molar-refractivity contribution in [3.8, 4) is 5.69 Å². The van der Waals surface area contributed by atoms with Gasteiger partial charge in [-0.1, -0.05) is 12.1 Å². The summed E-state index contributed by atoms with van der Waals surface area (Å²) in [4.78, 5) is 10.1. The van der Waals surface area contributed by atoms with Gasteiger partial charge >= 0.3 is 6.18 Å². The molecule has 0 aliphatic heterocycles. The summed E-state index contributed by atoms with van der Waals surface area (Å²) in [6, 6.07) is 5.09. The Labute approximate surface area is 112 Å². The van der Waals surface area contributed by atoms with Crippen LogP contribution in [-0.2, 0) is 6.18 Å². The van der Waals surface area contributed by atoms with E-state index in [1.165, 1.54) is 18.2 Å². The fourth-order valence-electron chi connectivity index (χ4n) is 1.56. The molecule has 0 saturated heterocycles. The lowest BCUT2D eigenvalue weighted by Crippen LogP contribution is -2.14. The number of nitro benzene ring substituents is 1. The van der Waals surface area contributed by atoms with E-state index in [-0.39, 0.29) is 10.2 Å². The minimum Gasteiger partial charge on any atom is -0.258 e. The highest BCUT2D eigenvalue weighted by Gasteiger charge is 2.39. The number of nitrogens with zero attached hydrogens (tertiary/aromatic N) is 3. The lowest BCUT2D eigenvalue weighted by Gasteiger charge is -2.11. The van der Waals surface area contributed by atoms with Gasteiger partial charge in [-0.05, 0) is 22.0 Å². The largest absolute Gasteiger partial charge is 0.434 e. The highest BCUT2D eigenvalue weighted by Crippen LogP contribution is 2.37. The molecular weight excluding hydrogens is 331 g/mol. The van der Waals surface area contributed by atoms with E-state index in [1.54, 1.807) is 0 Å². The summed E-state index contributed by atoms with van der Waals surface area (Å²) < 4.78 is 38.9. The van der Waals surface area contributed by atoms with Crippen LogP contribution in [0, 0.1) is 10.1 Å². The zero-order valence-corrected chi connectivity index (χ0v) is 10.6. The van der Waals surface area contributed by atoms with Gasteiger partial charge in [-0.3, -0.25) is 10.1 Å². The number of rotatable bonds is 2. The quantitative estimate of drug-likeness (QED) is 0.622. The third-order valence-corrected chi connectivity index (χ3v) is 2.88. The normalized spacial score (nSPS) is 11.6. The Bertz CT molecular complexity index is 639. The van der Waals surface area contributed by atoms with Gasteiger partial charge in [-0.2, -0.15) is 18.3 Å². The molecule has 1 heterocycles. The van der Waals surface area contributed by atoms with Crippen molar-refractivity contribution in [1.82, 2.24) is 9.78 Å². The molecule has 5 nitrogen and oxygen atoms in total. The maximum absolute atomic E-state index is 12.9. The molecule has 0 unspecified atom stereocenters. The Morgan fingerprint density at radius 3 is 2.53 bits per heavy atom. The minimum atomic E-state index is -4.68. The van der Waals surface area contributed by atoms with E-state index < -0.39 is 22.5 Å². The average Bonchev–Trinajstić information content (AvgIpc) is 2.70. The molecule has 9 heteroatoms. The lowest BCUT2D eigenvalue weighted by molar-refractivity contribution is -0.384. The van der Waals surface area contributed by atoms with Crippen molar-refractivity contribution in [3.63, 3.8) is 0 Å². The minimum absolute atomic E-state index is 0.245. The number of alkyl halides is 3. The summed E-state index contributed by atoms with van der Waals surface area (Å²) in [5, 5.41) is 14.4. The van der Waals surface area contributed by atoms with Crippen LogP contribution < -0.4 is 0 Å². The first-order valence-electron chi connectivity index (χ1n) is 4.87. The summed E-state index contributed by atoms with van der Waals surface area (Å²) in [5.74, 6) is 0. The van der Waals surface area contributed by atoms with Gasteiger partial charge in [0.15, 0.2) is 5.69 Å². The van der Waals surface area contributed by atoms with Crippen molar-refractivity contribution in [1.29, 1.82) is 0 Å². The molecule has 1 aromatic carbocycles. The standard InChI is InChI=1S/C10H5BrF3N3O2/c11-6-5-15-16(9(6)10(12,13)14)7-3-1-2-4-8(7)17(18)19/h1-5H. The Kier molecular flexibility index (Phi) is 3.31. The van der Waals surface area contributed by atoms with Gasteiger partial charge in [0, 0.05) is 6.07 Å². The fraction of sp³-hybridized carbons (Fsp3) is 0.100. The van der Waals surface area contributed by atoms with Crippen LogP contribution in [0.25, 0.3) is 5.69 Å². The second-order valence-electron chi connectivity index (χ2n) is 3.50. The monoisotopic (exact) mass is 335 g/mol. The van der Waals surface area contributed by atoms with Crippen LogP contribution in [-0.4, -0.2) is 14.7 Å². The summed E-state index contributed by atoms with van der Waals surface area (Å²) in [7, 11) is 0. The van der Waals surface area contributed by atoms with E-state index in [4.69, 9.17) is 0 Å². The van der Waals surface area contributed by atoms with E-state index in [1.807, 2.05) is 0 Å². The van der Waals surface area contributed by atoms with E-state index in [0.717, 1.165) is 12.3 Å². The molecule has 0 aliphatic rings. The number of aromatic nitrogens is 2. The summed E-state index contributed by atoms with van der Waals surface area (Å²) in [5.41, 5.74) is -1.80. The molecule has 0 fully saturated rings. The van der Waals surface area contributed by atoms with Crippen LogP contribution in [0.5, 0.6) is 0 Å². The van der Waals surface area contributed by atoms with E-state index >= 15 is 0 Å². The molecule has 100 valence electrons. The lowest BCUT2D eigenvalue weighted by atomic mass is 10.2. The molecule has 0 radical (unpaired) electrons. The van der Waals surface area contributed by atoms with Crippen molar-refractivity contribution in [2.75, 3.05) is 0 Å². The molecule has 0 bridgehead atoms. The Balaban J connectivity index is 2.71. The Hall–Kier alpha value is -1.90. The molecule has 19 heavy (non-hydrogen) atoms. The van der Waals surface area contributed by atoms with E-state index in [0.29, 0.717) is 4.68 Å². The molecule has 2 aromatic rings. The van der Waals surface area contributed by atoms with Crippen molar-refractivity contribution < 1.29 is 18.1 Å². The van der Waals surface area contributed by atoms with Gasteiger partial charge in [-0.25, -0.2) is 4.68 Å². The maximum Gasteiger partial charge on any atom is 0.434 e. The number of hydrogen-bond acceptors (Lipinski definition) is 3. The van der Waals surface area contributed by atoms with Crippen molar-refractivity contribution in [2.24, 2.45) is 0 Å². The smallest absolute Gasteiger partial charge is 0.258 e. The van der Waals surface area contributed by atoms with Crippen molar-refractivity contribution in [2.45, 2.75) is 6.18 Å². The number of nitro groups is 1. The van der Waals surface area contributed by atoms with Crippen LogP contribution in [0.15, 0.2) is 34.9 Å². The Morgan fingerprint density at radius 2 is 1.95 bits per heavy atom. The van der Waals surface area contributed by atoms with Crippen LogP contribution in [0.1, 0.15) is 5.69 Å². The van der Waals surface area contributed by atoms with E-state index in [2.05, 4.69) is 21.0 Å². The zero-order chi connectivity index (χ0) is 14.2. The highest BCUT2D eigenvalue weighted by atomic mass is 79.9. The predicted octanol–water partition coefficient (Wildman–Crippen LogP) is 3.56. The topological polar surface area (TPSA) is 61.0 Å². The van der Waals surface area contributed by atoms with Crippen LogP contribution in [0.2, 0.25) is 0 Å². The first-order chi connectivity index (χ1) is 8.82. The van der Waals surface area contributed by atoms with Crippen molar-refractivity contribution in [3.05, 3.63) is 50.7 Å². The second-order valence-corrected chi connectivity index (χ2v) is 4.35. The van der Waals surface area contributed by atoms with Gasteiger partial charge in [0.2, 0.25) is 0 Å². The predicted molar refractivity (Wildman–Crippen MR) is 62.9 cm³/mol. The summed E-state index contributed by atoms with van der Waals surface area (Å²) in [6.07, 6.45) is -3.74. The number of benzene rings is 1. The molecule has 2 rings (SSSR count). The molecule has 0 N–H and O–H groups in total. The van der Waals surface area contributed by atoms with Gasteiger partial charge in [-0.15, -0.1) is 0 Å². The Morgan fingerprint density at radius 1 is 1.32 bits per heavy atom. The molecule has 0 aliphatic carbocycles. The molecular formula is C10H5BrF3N3O2. The maximum atomic E-state index is 12.9. The van der Waals surface area contributed by atoms with Crippen LogP contribution in [0.3, 0.4) is 0 Å². The van der Waals surface area contributed by atoms with E-state index in [9.17, 15) is 23.3 Å². The number of halogens is 4. The third kappa shape index (κ3) is 2.46. The number of hydrogen-bond donors (Lipinski definition) is 0. The summed E-state index contributed by atoms with van der Waals surface area (Å²) in [6.45, 7) is 0. The molecule has 0 spiro atoms. The first kappa shape index (κ1) is 13.5. The molecule has 1 aromatic heterocycles. The fourth-order valence-corrected chi connectivity index (χ4v) is 2.05. The first-order valence-corrected chi connectivity index (χ1v) is 5.66. The molecule has 0 amide bonds. The van der Waals surface area contributed by atoms with Gasteiger partial charge in [0.1, 0.15) is 5.69 Å². The average molecular weight is 336 g/mol. The SMILES string of the molecule is O=[N+]([O-])c1ccccc1-n1ncc(Br)c1C(F)(F)F. The van der Waals surface area contributed by atoms with Crippen LogP contribution >= 0.6 is 15.9 Å². The highest BCUT2D eigenvalue weighted by molar-refractivity contribution is 9.10. The van der Waals surface area contributed by atoms with Crippen LogP contribution in [0.4, 0.5) is 18.9 Å². The van der Waals surface area contributed by atoms with Gasteiger partial charge in [0.25, 0.3) is 5.69 Å². The van der Waals surface area contributed by atoms with Gasteiger partial charge in [0.05, 0.1) is 15.6 Å². The molecule has 0 atom stereocenters. The second kappa shape index (κ2) is 4.65. The van der Waals surface area contributed by atoms with Crippen molar-refractivity contribution >= 4 is 21.6 Å². The summed E-state index contributed by atoms with van der Waals surface area (Å²) >= 11 is 2.74. The zero-order valence-electron chi connectivity index (χ0n) is 9.06.